The molecule has 4 heteroatoms. The predicted octanol–water partition coefficient (Wildman–Crippen LogP) is 2.56. The van der Waals surface area contributed by atoms with Crippen LogP contribution in [-0.4, -0.2) is 24.3 Å². The van der Waals surface area contributed by atoms with Gasteiger partial charge in [0.25, 0.3) is 0 Å². The highest BCUT2D eigenvalue weighted by Gasteiger charge is 2.05. The molecule has 0 bridgehead atoms. The molecule has 1 heterocycles. The molecule has 0 spiro atoms. The lowest BCUT2D eigenvalue weighted by atomic mass is 10.1. The molecule has 1 aromatic carbocycles. The van der Waals surface area contributed by atoms with E-state index in [4.69, 9.17) is 0 Å². The SMILES string of the molecule is COC(=O)CC=Cc1cccc2[nH]cc(C=O)c12. The number of benzene rings is 1. The van der Waals surface area contributed by atoms with Gasteiger partial charge in [0.1, 0.15) is 0 Å². The number of ether oxygens (including phenoxy) is 1. The number of aromatic amines is 1. The quantitative estimate of drug-likeness (QED) is 0.663. The van der Waals surface area contributed by atoms with Crippen molar-refractivity contribution in [1.82, 2.24) is 4.98 Å². The second kappa shape index (κ2) is 5.31. The van der Waals surface area contributed by atoms with E-state index >= 15 is 0 Å². The van der Waals surface area contributed by atoms with Crippen LogP contribution < -0.4 is 0 Å². The molecule has 0 radical (unpaired) electrons. The number of nitrogens with one attached hydrogen (secondary N) is 1. The van der Waals surface area contributed by atoms with Gasteiger partial charge in [0.15, 0.2) is 6.29 Å². The van der Waals surface area contributed by atoms with Gasteiger partial charge in [-0.05, 0) is 11.6 Å². The minimum Gasteiger partial charge on any atom is -0.469 e. The molecular formula is C14H13NO3. The number of H-pyrrole nitrogens is 1. The normalized spacial score (nSPS) is 10.9. The molecule has 2 aromatic rings. The summed E-state index contributed by atoms with van der Waals surface area (Å²) in [5, 5.41) is 0.869. The summed E-state index contributed by atoms with van der Waals surface area (Å²) in [6.07, 6.45) is 6.25. The summed E-state index contributed by atoms with van der Waals surface area (Å²) in [7, 11) is 1.35. The number of esters is 1. The average Bonchev–Trinajstić information content (AvgIpc) is 2.82. The van der Waals surface area contributed by atoms with Crippen molar-refractivity contribution >= 4 is 29.2 Å². The minimum absolute atomic E-state index is 0.216. The minimum atomic E-state index is -0.289. The van der Waals surface area contributed by atoms with Crippen molar-refractivity contribution in [3.05, 3.63) is 41.6 Å². The molecular weight excluding hydrogens is 230 g/mol. The summed E-state index contributed by atoms with van der Waals surface area (Å²) in [6.45, 7) is 0. The third kappa shape index (κ3) is 2.32. The predicted molar refractivity (Wildman–Crippen MR) is 69.4 cm³/mol. The maximum absolute atomic E-state index is 11.0. The Morgan fingerprint density at radius 1 is 1.39 bits per heavy atom. The highest BCUT2D eigenvalue weighted by molar-refractivity contribution is 6.01. The number of methoxy groups -OCH3 is 1. The standard InChI is InChI=1S/C14H13NO3/c1-18-13(17)7-3-5-10-4-2-6-12-14(10)11(9-16)8-15-12/h2-6,8-9,15H,7H2,1H3. The van der Waals surface area contributed by atoms with Gasteiger partial charge < -0.3 is 9.72 Å². The lowest BCUT2D eigenvalue weighted by molar-refractivity contribution is -0.139. The summed E-state index contributed by atoms with van der Waals surface area (Å²) in [5.74, 6) is -0.289. The molecule has 2 rings (SSSR count). The van der Waals surface area contributed by atoms with Gasteiger partial charge in [-0.2, -0.15) is 0 Å². The Kier molecular flexibility index (Phi) is 3.57. The molecule has 0 aliphatic carbocycles. The van der Waals surface area contributed by atoms with Gasteiger partial charge in [-0.3, -0.25) is 9.59 Å². The van der Waals surface area contributed by atoms with E-state index in [0.717, 1.165) is 22.8 Å². The molecule has 0 aliphatic rings. The Morgan fingerprint density at radius 3 is 2.94 bits per heavy atom. The van der Waals surface area contributed by atoms with Crippen LogP contribution in [0.15, 0.2) is 30.5 Å². The van der Waals surface area contributed by atoms with E-state index in [-0.39, 0.29) is 12.4 Å². The monoisotopic (exact) mass is 243 g/mol. The first-order chi connectivity index (χ1) is 8.76. The average molecular weight is 243 g/mol. The summed E-state index contributed by atoms with van der Waals surface area (Å²) >= 11 is 0. The van der Waals surface area contributed by atoms with Gasteiger partial charge in [-0.15, -0.1) is 0 Å². The van der Waals surface area contributed by atoms with Crippen LogP contribution in [0.4, 0.5) is 0 Å². The third-order valence-electron chi connectivity index (χ3n) is 2.71. The highest BCUT2D eigenvalue weighted by atomic mass is 16.5. The fourth-order valence-electron chi connectivity index (χ4n) is 1.84. The Hall–Kier alpha value is -2.36. The maximum atomic E-state index is 11.0. The molecule has 0 saturated heterocycles. The van der Waals surface area contributed by atoms with E-state index in [9.17, 15) is 9.59 Å². The summed E-state index contributed by atoms with van der Waals surface area (Å²) < 4.78 is 4.55. The van der Waals surface area contributed by atoms with E-state index in [0.29, 0.717) is 5.56 Å². The van der Waals surface area contributed by atoms with Crippen molar-refractivity contribution in [2.75, 3.05) is 7.11 Å². The molecule has 0 fully saturated rings. The number of rotatable bonds is 4. The summed E-state index contributed by atoms with van der Waals surface area (Å²) in [6, 6.07) is 5.70. The molecule has 0 unspecified atom stereocenters. The number of hydrogen-bond donors (Lipinski definition) is 1. The van der Waals surface area contributed by atoms with Crippen LogP contribution in [0.5, 0.6) is 0 Å². The van der Waals surface area contributed by atoms with Gasteiger partial charge in [-0.1, -0.05) is 24.3 Å². The molecule has 0 amide bonds. The van der Waals surface area contributed by atoms with Crippen LogP contribution in [0.25, 0.3) is 17.0 Å². The topological polar surface area (TPSA) is 59.2 Å². The first-order valence-corrected chi connectivity index (χ1v) is 5.55. The first kappa shape index (κ1) is 12.1. The second-order valence-electron chi connectivity index (χ2n) is 3.81. The lowest BCUT2D eigenvalue weighted by Gasteiger charge is -1.98. The van der Waals surface area contributed by atoms with E-state index in [1.54, 1.807) is 12.3 Å². The van der Waals surface area contributed by atoms with E-state index in [1.165, 1.54) is 7.11 Å². The van der Waals surface area contributed by atoms with Gasteiger partial charge in [-0.25, -0.2) is 0 Å². The summed E-state index contributed by atoms with van der Waals surface area (Å²) in [4.78, 5) is 25.0. The molecule has 0 saturated carbocycles. The third-order valence-corrected chi connectivity index (χ3v) is 2.71. The largest absolute Gasteiger partial charge is 0.469 e. The fraction of sp³-hybridized carbons (Fsp3) is 0.143. The number of aldehydes is 1. The Morgan fingerprint density at radius 2 is 2.22 bits per heavy atom. The van der Waals surface area contributed by atoms with Crippen LogP contribution >= 0.6 is 0 Å². The molecule has 4 nitrogen and oxygen atoms in total. The molecule has 0 atom stereocenters. The van der Waals surface area contributed by atoms with Crippen molar-refractivity contribution in [2.45, 2.75) is 6.42 Å². The van der Waals surface area contributed by atoms with Gasteiger partial charge in [0, 0.05) is 22.7 Å². The number of fused-ring (bicyclic) bond motifs is 1. The zero-order valence-electron chi connectivity index (χ0n) is 9.97. The van der Waals surface area contributed by atoms with E-state index in [1.807, 2.05) is 24.3 Å². The van der Waals surface area contributed by atoms with Crippen molar-refractivity contribution < 1.29 is 14.3 Å². The Bertz CT molecular complexity index is 611. The summed E-state index contributed by atoms with van der Waals surface area (Å²) in [5.41, 5.74) is 2.42. The number of aromatic nitrogens is 1. The lowest BCUT2D eigenvalue weighted by Crippen LogP contribution is -1.96. The van der Waals surface area contributed by atoms with E-state index in [2.05, 4.69) is 9.72 Å². The fourth-order valence-corrected chi connectivity index (χ4v) is 1.84. The molecule has 18 heavy (non-hydrogen) atoms. The van der Waals surface area contributed by atoms with Crippen molar-refractivity contribution in [2.24, 2.45) is 0 Å². The smallest absolute Gasteiger partial charge is 0.309 e. The van der Waals surface area contributed by atoms with Crippen LogP contribution in [0.3, 0.4) is 0 Å². The number of hydrogen-bond acceptors (Lipinski definition) is 3. The van der Waals surface area contributed by atoms with Gasteiger partial charge >= 0.3 is 5.97 Å². The first-order valence-electron chi connectivity index (χ1n) is 5.55. The second-order valence-corrected chi connectivity index (χ2v) is 3.81. The van der Waals surface area contributed by atoms with Crippen molar-refractivity contribution in [1.29, 1.82) is 0 Å². The van der Waals surface area contributed by atoms with E-state index < -0.39 is 0 Å². The van der Waals surface area contributed by atoms with Crippen LogP contribution in [0.1, 0.15) is 22.3 Å². The van der Waals surface area contributed by atoms with Gasteiger partial charge in [0.2, 0.25) is 0 Å². The zero-order valence-corrected chi connectivity index (χ0v) is 9.97. The molecule has 1 N–H and O–H groups in total. The zero-order chi connectivity index (χ0) is 13.0. The van der Waals surface area contributed by atoms with Crippen LogP contribution in [0.2, 0.25) is 0 Å². The molecule has 1 aromatic heterocycles. The van der Waals surface area contributed by atoms with Gasteiger partial charge in [0.05, 0.1) is 13.5 Å². The maximum Gasteiger partial charge on any atom is 0.309 e. The van der Waals surface area contributed by atoms with Crippen molar-refractivity contribution in [3.8, 4) is 0 Å². The Balaban J connectivity index is 2.35. The molecule has 0 aliphatic heterocycles. The highest BCUT2D eigenvalue weighted by Crippen LogP contribution is 2.22. The Labute approximate surface area is 104 Å². The van der Waals surface area contributed by atoms with Crippen LogP contribution in [0, 0.1) is 0 Å². The number of carbonyl (C=O) groups excluding carboxylic acids is 2. The van der Waals surface area contributed by atoms with Crippen LogP contribution in [-0.2, 0) is 9.53 Å². The van der Waals surface area contributed by atoms with Crippen molar-refractivity contribution in [3.63, 3.8) is 0 Å². The molecule has 92 valence electrons. The number of carbonyl (C=O) groups is 2.